The van der Waals surface area contributed by atoms with Gasteiger partial charge >= 0.3 is 0 Å². The average molecular weight is 218 g/mol. The van der Waals surface area contributed by atoms with Crippen molar-refractivity contribution in [2.75, 3.05) is 0 Å². The number of H-pyrrole nitrogens is 1. The second-order valence-corrected chi connectivity index (χ2v) is 3.97. The summed E-state index contributed by atoms with van der Waals surface area (Å²) in [5.41, 5.74) is 3.66. The maximum absolute atomic E-state index is 9.11. The molecule has 0 saturated carbocycles. The van der Waals surface area contributed by atoms with E-state index in [9.17, 15) is 0 Å². The highest BCUT2D eigenvalue weighted by molar-refractivity contribution is 6.08. The number of benzene rings is 2. The van der Waals surface area contributed by atoms with E-state index in [4.69, 9.17) is 5.26 Å². The van der Waals surface area contributed by atoms with Gasteiger partial charge < -0.3 is 4.98 Å². The first-order valence-corrected chi connectivity index (χ1v) is 5.40. The maximum Gasteiger partial charge on any atom is 0.0998 e. The molecule has 2 heteroatoms. The van der Waals surface area contributed by atoms with Crippen LogP contribution >= 0.6 is 0 Å². The van der Waals surface area contributed by atoms with Crippen LogP contribution in [0.2, 0.25) is 0 Å². The van der Waals surface area contributed by atoms with Crippen LogP contribution in [0, 0.1) is 11.3 Å². The Balaban J connectivity index is 2.51. The third-order valence-corrected chi connectivity index (χ3v) is 3.02. The molecule has 17 heavy (non-hydrogen) atoms. The molecule has 0 amide bonds. The predicted molar refractivity (Wildman–Crippen MR) is 70.6 cm³/mol. The van der Waals surface area contributed by atoms with Gasteiger partial charge in [-0.3, -0.25) is 0 Å². The van der Waals surface area contributed by atoms with E-state index in [0.29, 0.717) is 5.56 Å². The van der Waals surface area contributed by atoms with Crippen LogP contribution in [0.5, 0.6) is 0 Å². The summed E-state index contributed by atoms with van der Waals surface area (Å²) in [7, 11) is 0. The first kappa shape index (κ1) is 9.68. The summed E-state index contributed by atoms with van der Waals surface area (Å²) < 4.78 is 0. The van der Waals surface area contributed by atoms with Gasteiger partial charge in [0.05, 0.1) is 11.6 Å². The summed E-state index contributed by atoms with van der Waals surface area (Å²) in [6, 6.07) is 14.2. The number of hydrogen-bond acceptors (Lipinski definition) is 1. The lowest BCUT2D eigenvalue weighted by molar-refractivity contribution is 1.48. The predicted octanol–water partition coefficient (Wildman–Crippen LogP) is 3.84. The molecule has 3 rings (SSSR count). The number of hydrogen-bond donors (Lipinski definition) is 1. The quantitative estimate of drug-likeness (QED) is 0.662. The molecule has 0 spiro atoms. The molecule has 1 aromatic heterocycles. The minimum Gasteiger partial charge on any atom is -0.354 e. The highest BCUT2D eigenvalue weighted by atomic mass is 14.7. The van der Waals surface area contributed by atoms with Gasteiger partial charge in [-0.05, 0) is 23.8 Å². The van der Waals surface area contributed by atoms with E-state index in [2.05, 4.69) is 23.7 Å². The number of para-hydroxylation sites is 1. The molecule has 0 unspecified atom stereocenters. The largest absolute Gasteiger partial charge is 0.354 e. The van der Waals surface area contributed by atoms with Crippen LogP contribution in [0.4, 0.5) is 0 Å². The van der Waals surface area contributed by atoms with Crippen molar-refractivity contribution in [3.05, 3.63) is 54.1 Å². The summed E-state index contributed by atoms with van der Waals surface area (Å²) >= 11 is 0. The lowest BCUT2D eigenvalue weighted by atomic mass is 10.0. The fourth-order valence-electron chi connectivity index (χ4n) is 2.18. The van der Waals surface area contributed by atoms with Gasteiger partial charge in [0.1, 0.15) is 0 Å². The highest BCUT2D eigenvalue weighted by Gasteiger charge is 2.07. The molecule has 0 fully saturated rings. The molecular weight excluding hydrogens is 208 g/mol. The average Bonchev–Trinajstić information content (AvgIpc) is 2.74. The molecule has 0 aliphatic carbocycles. The van der Waals surface area contributed by atoms with Gasteiger partial charge in [0.2, 0.25) is 0 Å². The fraction of sp³-hybridized carbons (Fsp3) is 0. The number of nitriles is 1. The first-order valence-electron chi connectivity index (χ1n) is 5.40. The molecule has 2 nitrogen and oxygen atoms in total. The second-order valence-electron chi connectivity index (χ2n) is 3.97. The molecule has 3 aromatic rings. The van der Waals surface area contributed by atoms with Crippen LogP contribution in [-0.4, -0.2) is 4.98 Å². The zero-order valence-electron chi connectivity index (χ0n) is 9.20. The molecule has 0 saturated heterocycles. The van der Waals surface area contributed by atoms with Crippen LogP contribution < -0.4 is 0 Å². The van der Waals surface area contributed by atoms with Gasteiger partial charge in [0, 0.05) is 21.8 Å². The summed E-state index contributed by atoms with van der Waals surface area (Å²) in [5, 5.41) is 11.3. The summed E-state index contributed by atoms with van der Waals surface area (Å²) in [5.74, 6) is 0. The van der Waals surface area contributed by atoms with Gasteiger partial charge in [0.25, 0.3) is 0 Å². The molecule has 2 aromatic carbocycles. The van der Waals surface area contributed by atoms with Crippen LogP contribution in [-0.2, 0) is 0 Å². The molecular formula is C15H10N2. The van der Waals surface area contributed by atoms with Crippen molar-refractivity contribution in [2.24, 2.45) is 0 Å². The van der Waals surface area contributed by atoms with Crippen molar-refractivity contribution in [2.45, 2.75) is 0 Å². The second kappa shape index (κ2) is 3.50. The molecule has 0 aliphatic rings. The number of rotatable bonds is 1. The molecule has 80 valence electrons. The maximum atomic E-state index is 9.11. The fourth-order valence-corrected chi connectivity index (χ4v) is 2.18. The Hall–Kier alpha value is -2.53. The van der Waals surface area contributed by atoms with Crippen molar-refractivity contribution < 1.29 is 0 Å². The Morgan fingerprint density at radius 1 is 1.12 bits per heavy atom. The third-order valence-electron chi connectivity index (χ3n) is 3.02. The summed E-state index contributed by atoms with van der Waals surface area (Å²) in [6.07, 6.45) is 1.71. The zero-order valence-corrected chi connectivity index (χ0v) is 9.20. The Bertz CT molecular complexity index is 773. The zero-order chi connectivity index (χ0) is 11.8. The highest BCUT2D eigenvalue weighted by Crippen LogP contribution is 2.28. The number of aromatic amines is 1. The van der Waals surface area contributed by atoms with Crippen molar-refractivity contribution in [3.8, 4) is 6.07 Å². The number of nitrogens with one attached hydrogen (secondary N) is 1. The standard InChI is InChI=1S/C15H10N2/c1-2-10-8-15-13(7-11(10)9-16)12-5-3-4-6-14(12)17-15/h2-8,17H,1H2. The van der Waals surface area contributed by atoms with Crippen LogP contribution in [0.1, 0.15) is 11.1 Å². The first-order chi connectivity index (χ1) is 8.33. The monoisotopic (exact) mass is 218 g/mol. The molecule has 0 radical (unpaired) electrons. The Morgan fingerprint density at radius 2 is 1.94 bits per heavy atom. The Kier molecular flexibility index (Phi) is 1.99. The van der Waals surface area contributed by atoms with Crippen LogP contribution in [0.15, 0.2) is 43.0 Å². The van der Waals surface area contributed by atoms with Crippen molar-refractivity contribution in [3.63, 3.8) is 0 Å². The van der Waals surface area contributed by atoms with Crippen molar-refractivity contribution in [1.29, 1.82) is 5.26 Å². The van der Waals surface area contributed by atoms with E-state index in [0.717, 1.165) is 27.4 Å². The molecule has 0 bridgehead atoms. The SMILES string of the molecule is C=Cc1cc2[nH]c3ccccc3c2cc1C#N. The molecule has 0 aliphatic heterocycles. The smallest absolute Gasteiger partial charge is 0.0998 e. The number of aromatic nitrogens is 1. The van der Waals surface area contributed by atoms with E-state index < -0.39 is 0 Å². The van der Waals surface area contributed by atoms with Gasteiger partial charge in [-0.2, -0.15) is 5.26 Å². The molecule has 0 atom stereocenters. The molecule has 1 N–H and O–H groups in total. The third kappa shape index (κ3) is 1.33. The number of nitrogens with zero attached hydrogens (tertiary/aromatic N) is 1. The van der Waals surface area contributed by atoms with Crippen LogP contribution in [0.25, 0.3) is 27.9 Å². The van der Waals surface area contributed by atoms with Gasteiger partial charge in [-0.1, -0.05) is 30.9 Å². The normalized spacial score (nSPS) is 10.5. The molecule has 1 heterocycles. The van der Waals surface area contributed by atoms with Gasteiger partial charge in [0.15, 0.2) is 0 Å². The van der Waals surface area contributed by atoms with E-state index in [1.807, 2.05) is 30.3 Å². The lowest BCUT2D eigenvalue weighted by Gasteiger charge is -1.98. The van der Waals surface area contributed by atoms with Crippen molar-refractivity contribution >= 4 is 27.9 Å². The van der Waals surface area contributed by atoms with Crippen molar-refractivity contribution in [1.82, 2.24) is 4.98 Å². The minimum absolute atomic E-state index is 0.664. The lowest BCUT2D eigenvalue weighted by Crippen LogP contribution is -1.81. The Morgan fingerprint density at radius 3 is 2.71 bits per heavy atom. The van der Waals surface area contributed by atoms with E-state index in [-0.39, 0.29) is 0 Å². The minimum atomic E-state index is 0.664. The van der Waals surface area contributed by atoms with E-state index in [1.54, 1.807) is 6.08 Å². The number of fused-ring (bicyclic) bond motifs is 3. The van der Waals surface area contributed by atoms with Gasteiger partial charge in [-0.25, -0.2) is 0 Å². The van der Waals surface area contributed by atoms with E-state index >= 15 is 0 Å². The van der Waals surface area contributed by atoms with E-state index in [1.165, 1.54) is 0 Å². The van der Waals surface area contributed by atoms with Crippen LogP contribution in [0.3, 0.4) is 0 Å². The topological polar surface area (TPSA) is 39.6 Å². The Labute approximate surface area is 98.8 Å². The summed E-state index contributed by atoms with van der Waals surface area (Å²) in [6.45, 7) is 3.74. The van der Waals surface area contributed by atoms with Gasteiger partial charge in [-0.15, -0.1) is 0 Å². The summed E-state index contributed by atoms with van der Waals surface area (Å²) in [4.78, 5) is 3.35.